The number of benzene rings is 2. The molecule has 3 aromatic rings. The highest BCUT2D eigenvalue weighted by Crippen LogP contribution is 2.25. The highest BCUT2D eigenvalue weighted by molar-refractivity contribution is 6.07. The minimum absolute atomic E-state index is 0.276. The second-order valence-electron chi connectivity index (χ2n) is 8.07. The molecule has 0 fully saturated rings. The van der Waals surface area contributed by atoms with Gasteiger partial charge in [0.1, 0.15) is 5.60 Å². The topological polar surface area (TPSA) is 80.3 Å². The lowest BCUT2D eigenvalue weighted by Crippen LogP contribution is -2.27. The highest BCUT2D eigenvalue weighted by atomic mass is 16.6. The van der Waals surface area contributed by atoms with E-state index in [0.29, 0.717) is 16.9 Å². The summed E-state index contributed by atoms with van der Waals surface area (Å²) in [6, 6.07) is 18.3. The highest BCUT2D eigenvalue weighted by Gasteiger charge is 2.18. The van der Waals surface area contributed by atoms with E-state index in [9.17, 15) is 9.59 Å². The number of hydrogen-bond donors (Lipinski definition) is 2. The van der Waals surface area contributed by atoms with Gasteiger partial charge in [-0.25, -0.2) is 4.79 Å². The van der Waals surface area contributed by atoms with Crippen LogP contribution in [0.15, 0.2) is 66.9 Å². The Morgan fingerprint density at radius 2 is 1.55 bits per heavy atom. The van der Waals surface area contributed by atoms with Crippen LogP contribution in [0, 0.1) is 0 Å². The monoisotopic (exact) mass is 417 g/mol. The van der Waals surface area contributed by atoms with Crippen LogP contribution in [-0.2, 0) is 11.2 Å². The molecule has 160 valence electrons. The zero-order chi connectivity index (χ0) is 22.4. The summed E-state index contributed by atoms with van der Waals surface area (Å²) in [5.74, 6) is -0.276. The smallest absolute Gasteiger partial charge is 0.412 e. The Morgan fingerprint density at radius 3 is 2.16 bits per heavy atom. The van der Waals surface area contributed by atoms with Crippen LogP contribution in [0.3, 0.4) is 0 Å². The normalized spacial score (nSPS) is 11.0. The van der Waals surface area contributed by atoms with Gasteiger partial charge in [0.15, 0.2) is 0 Å². The maximum absolute atomic E-state index is 12.8. The van der Waals surface area contributed by atoms with E-state index >= 15 is 0 Å². The number of amides is 2. The molecular formula is C25H27N3O3. The Balaban J connectivity index is 1.74. The van der Waals surface area contributed by atoms with Crippen molar-refractivity contribution in [2.75, 3.05) is 10.6 Å². The van der Waals surface area contributed by atoms with E-state index in [-0.39, 0.29) is 5.91 Å². The molecule has 0 atom stereocenters. The Bertz CT molecular complexity index is 1070. The van der Waals surface area contributed by atoms with Crippen molar-refractivity contribution < 1.29 is 14.3 Å². The van der Waals surface area contributed by atoms with E-state index in [1.807, 2.05) is 18.2 Å². The van der Waals surface area contributed by atoms with Crippen LogP contribution >= 0.6 is 0 Å². The first-order valence-corrected chi connectivity index (χ1v) is 10.2. The number of nitrogens with zero attached hydrogens (tertiary/aromatic N) is 1. The molecule has 2 amide bonds. The molecule has 2 N–H and O–H groups in total. The van der Waals surface area contributed by atoms with Crippen molar-refractivity contribution in [2.24, 2.45) is 0 Å². The van der Waals surface area contributed by atoms with Crippen LogP contribution in [0.4, 0.5) is 16.2 Å². The van der Waals surface area contributed by atoms with Gasteiger partial charge < -0.3 is 10.1 Å². The lowest BCUT2D eigenvalue weighted by Gasteiger charge is -2.20. The molecular weight excluding hydrogens is 390 g/mol. The third kappa shape index (κ3) is 5.92. The Kier molecular flexibility index (Phi) is 6.70. The predicted molar refractivity (Wildman–Crippen MR) is 123 cm³/mol. The number of anilines is 2. The minimum Gasteiger partial charge on any atom is -0.444 e. The molecule has 0 unspecified atom stereocenters. The molecule has 1 aromatic heterocycles. The van der Waals surface area contributed by atoms with Crippen LogP contribution in [-0.4, -0.2) is 22.6 Å². The maximum Gasteiger partial charge on any atom is 0.412 e. The molecule has 0 spiro atoms. The van der Waals surface area contributed by atoms with E-state index in [1.54, 1.807) is 63.4 Å². The summed E-state index contributed by atoms with van der Waals surface area (Å²) >= 11 is 0. The van der Waals surface area contributed by atoms with Gasteiger partial charge in [-0.15, -0.1) is 0 Å². The van der Waals surface area contributed by atoms with Crippen molar-refractivity contribution in [3.8, 4) is 11.3 Å². The summed E-state index contributed by atoms with van der Waals surface area (Å²) < 4.78 is 5.29. The van der Waals surface area contributed by atoms with Crippen molar-refractivity contribution in [1.82, 2.24) is 4.98 Å². The molecule has 1 heterocycles. The van der Waals surface area contributed by atoms with Gasteiger partial charge in [0.2, 0.25) is 0 Å². The summed E-state index contributed by atoms with van der Waals surface area (Å²) in [5, 5.41) is 5.53. The summed E-state index contributed by atoms with van der Waals surface area (Å²) in [5.41, 5.74) is 3.87. The van der Waals surface area contributed by atoms with Gasteiger partial charge in [0.25, 0.3) is 5.91 Å². The number of aryl methyl sites for hydroxylation is 1. The number of carbonyl (C=O) groups is 2. The largest absolute Gasteiger partial charge is 0.444 e. The molecule has 0 aliphatic rings. The van der Waals surface area contributed by atoms with E-state index in [2.05, 4.69) is 28.6 Å². The number of aromatic nitrogens is 1. The third-order valence-electron chi connectivity index (χ3n) is 4.50. The molecule has 3 rings (SSSR count). The summed E-state index contributed by atoms with van der Waals surface area (Å²) in [6.07, 6.45) is 2.07. The number of carbonyl (C=O) groups excluding carboxylic acids is 2. The van der Waals surface area contributed by atoms with Crippen LogP contribution in [0.25, 0.3) is 11.3 Å². The van der Waals surface area contributed by atoms with E-state index in [4.69, 9.17) is 4.74 Å². The molecule has 0 saturated carbocycles. The third-order valence-corrected chi connectivity index (χ3v) is 4.50. The van der Waals surface area contributed by atoms with Crippen molar-refractivity contribution in [3.05, 3.63) is 78.0 Å². The lowest BCUT2D eigenvalue weighted by atomic mass is 10.0. The average Bonchev–Trinajstić information content (AvgIpc) is 2.74. The molecule has 31 heavy (non-hydrogen) atoms. The second-order valence-corrected chi connectivity index (χ2v) is 8.07. The number of ether oxygens (including phenoxy) is 1. The standard InChI is InChI=1S/C25H27N3O3/c1-5-17-9-8-16-26-22(17)18-12-14-19(15-13-18)23(29)27-20-10-6-7-11-21(20)28-24(30)31-25(2,3)4/h6-16H,5H2,1-4H3,(H,27,29)(H,28,30). The zero-order valence-electron chi connectivity index (χ0n) is 18.2. The first kappa shape index (κ1) is 22.0. The Labute approximate surface area is 182 Å². The fourth-order valence-electron chi connectivity index (χ4n) is 3.07. The number of para-hydroxylation sites is 2. The number of nitrogens with one attached hydrogen (secondary N) is 2. The van der Waals surface area contributed by atoms with Gasteiger partial charge in [0.05, 0.1) is 17.1 Å². The van der Waals surface area contributed by atoms with E-state index in [1.165, 1.54) is 0 Å². The van der Waals surface area contributed by atoms with Crippen LogP contribution in [0.2, 0.25) is 0 Å². The molecule has 6 nitrogen and oxygen atoms in total. The molecule has 0 aliphatic carbocycles. The SMILES string of the molecule is CCc1cccnc1-c1ccc(C(=O)Nc2ccccc2NC(=O)OC(C)(C)C)cc1. The quantitative estimate of drug-likeness (QED) is 0.541. The van der Waals surface area contributed by atoms with Crippen molar-refractivity contribution >= 4 is 23.4 Å². The van der Waals surface area contributed by atoms with Crippen LogP contribution in [0.1, 0.15) is 43.6 Å². The predicted octanol–water partition coefficient (Wildman–Crippen LogP) is 5.91. The molecule has 2 aromatic carbocycles. The van der Waals surface area contributed by atoms with Gasteiger partial charge in [-0.2, -0.15) is 0 Å². The second kappa shape index (κ2) is 9.43. The van der Waals surface area contributed by atoms with Crippen molar-refractivity contribution in [3.63, 3.8) is 0 Å². The van der Waals surface area contributed by atoms with Gasteiger partial charge in [0, 0.05) is 17.3 Å². The Morgan fingerprint density at radius 1 is 0.903 bits per heavy atom. The minimum atomic E-state index is -0.616. The molecule has 0 aliphatic heterocycles. The number of pyridine rings is 1. The maximum atomic E-state index is 12.8. The molecule has 0 saturated heterocycles. The van der Waals surface area contributed by atoms with Gasteiger partial charge in [-0.05, 0) is 63.1 Å². The van der Waals surface area contributed by atoms with Gasteiger partial charge >= 0.3 is 6.09 Å². The van der Waals surface area contributed by atoms with Crippen molar-refractivity contribution in [1.29, 1.82) is 0 Å². The van der Waals surface area contributed by atoms with E-state index in [0.717, 1.165) is 23.2 Å². The van der Waals surface area contributed by atoms with E-state index < -0.39 is 11.7 Å². The van der Waals surface area contributed by atoms with Gasteiger partial charge in [-0.1, -0.05) is 37.3 Å². The van der Waals surface area contributed by atoms with Crippen LogP contribution in [0.5, 0.6) is 0 Å². The number of hydrogen-bond acceptors (Lipinski definition) is 4. The molecule has 0 radical (unpaired) electrons. The summed E-state index contributed by atoms with van der Waals surface area (Å²) in [4.78, 5) is 29.4. The van der Waals surface area contributed by atoms with Crippen molar-refractivity contribution in [2.45, 2.75) is 39.7 Å². The first-order chi connectivity index (χ1) is 14.8. The summed E-state index contributed by atoms with van der Waals surface area (Å²) in [6.45, 7) is 7.46. The fraction of sp³-hybridized carbons (Fsp3) is 0.240. The molecule has 6 heteroatoms. The first-order valence-electron chi connectivity index (χ1n) is 10.2. The fourth-order valence-corrected chi connectivity index (χ4v) is 3.07. The van der Waals surface area contributed by atoms with Gasteiger partial charge in [-0.3, -0.25) is 15.1 Å². The molecule has 0 bridgehead atoms. The average molecular weight is 418 g/mol. The Hall–Kier alpha value is -3.67. The van der Waals surface area contributed by atoms with Crippen LogP contribution < -0.4 is 10.6 Å². The number of rotatable bonds is 5. The zero-order valence-corrected chi connectivity index (χ0v) is 18.2. The summed E-state index contributed by atoms with van der Waals surface area (Å²) in [7, 11) is 0. The lowest BCUT2D eigenvalue weighted by molar-refractivity contribution is 0.0635.